The lowest BCUT2D eigenvalue weighted by atomic mass is 10.00. The van der Waals surface area contributed by atoms with Crippen LogP contribution in [0.4, 0.5) is 0 Å². The van der Waals surface area contributed by atoms with E-state index in [0.717, 1.165) is 28.3 Å². The van der Waals surface area contributed by atoms with Gasteiger partial charge in [-0.15, -0.1) is 11.6 Å². The fourth-order valence-electron chi connectivity index (χ4n) is 2.71. The van der Waals surface area contributed by atoms with E-state index in [1.165, 1.54) is 6.42 Å². The number of para-hydroxylation sites is 1. The van der Waals surface area contributed by atoms with Crippen LogP contribution < -0.4 is 0 Å². The predicted octanol–water partition coefficient (Wildman–Crippen LogP) is 5.99. The molecule has 0 N–H and O–H groups in total. The Kier molecular flexibility index (Phi) is 4.98. The van der Waals surface area contributed by atoms with Gasteiger partial charge in [0, 0.05) is 6.04 Å². The minimum Gasteiger partial charge on any atom is -0.323 e. The van der Waals surface area contributed by atoms with Crippen molar-refractivity contribution in [3.8, 4) is 0 Å². The third kappa shape index (κ3) is 2.96. The highest BCUT2D eigenvalue weighted by Gasteiger charge is 2.21. The molecule has 1 heterocycles. The van der Waals surface area contributed by atoms with Crippen LogP contribution in [0, 0.1) is 5.92 Å². The molecule has 1 aromatic carbocycles. The maximum absolute atomic E-state index is 6.39. The molecule has 2 rings (SSSR count). The molecule has 0 radical (unpaired) electrons. The van der Waals surface area contributed by atoms with Gasteiger partial charge in [0.15, 0.2) is 0 Å². The van der Waals surface area contributed by atoms with Crippen molar-refractivity contribution in [2.45, 2.75) is 52.0 Å². The van der Waals surface area contributed by atoms with Crippen molar-refractivity contribution in [3.05, 3.63) is 29.0 Å². The Morgan fingerprint density at radius 3 is 2.55 bits per heavy atom. The Labute approximate surface area is 131 Å². The second kappa shape index (κ2) is 6.36. The topological polar surface area (TPSA) is 17.8 Å². The van der Waals surface area contributed by atoms with Crippen molar-refractivity contribution >= 4 is 34.2 Å². The van der Waals surface area contributed by atoms with Gasteiger partial charge in [0.1, 0.15) is 5.82 Å². The normalized spacial score (nSPS) is 16.3. The summed E-state index contributed by atoms with van der Waals surface area (Å²) in [7, 11) is 0. The summed E-state index contributed by atoms with van der Waals surface area (Å²) in [6, 6.07) is 6.19. The molecule has 0 saturated heterocycles. The third-order valence-electron chi connectivity index (χ3n) is 3.93. The van der Waals surface area contributed by atoms with Crippen molar-refractivity contribution in [1.29, 1.82) is 0 Å². The first-order chi connectivity index (χ1) is 9.45. The van der Waals surface area contributed by atoms with Crippen molar-refractivity contribution in [3.63, 3.8) is 0 Å². The summed E-state index contributed by atoms with van der Waals surface area (Å²) in [6.45, 7) is 8.69. The van der Waals surface area contributed by atoms with Crippen LogP contribution in [-0.2, 0) is 0 Å². The van der Waals surface area contributed by atoms with Crippen LogP contribution in [0.5, 0.6) is 0 Å². The number of hydrogen-bond donors (Lipinski definition) is 0. The first-order valence-electron chi connectivity index (χ1n) is 7.26. The van der Waals surface area contributed by atoms with Gasteiger partial charge in [-0.1, -0.05) is 37.9 Å². The van der Waals surface area contributed by atoms with Crippen LogP contribution in [-0.4, -0.2) is 9.55 Å². The number of benzene rings is 1. The van der Waals surface area contributed by atoms with E-state index in [9.17, 15) is 0 Å². The summed E-state index contributed by atoms with van der Waals surface area (Å²) >= 11 is 12.7. The molecule has 1 aromatic heterocycles. The van der Waals surface area contributed by atoms with Crippen LogP contribution >= 0.6 is 23.2 Å². The Balaban J connectivity index is 2.56. The van der Waals surface area contributed by atoms with Gasteiger partial charge in [-0.2, -0.15) is 0 Å². The van der Waals surface area contributed by atoms with Gasteiger partial charge >= 0.3 is 0 Å². The molecular formula is C16H22Cl2N2. The van der Waals surface area contributed by atoms with E-state index >= 15 is 0 Å². The fourth-order valence-corrected chi connectivity index (χ4v) is 3.12. The number of hydrogen-bond acceptors (Lipinski definition) is 1. The van der Waals surface area contributed by atoms with E-state index in [1.807, 2.05) is 25.1 Å². The first-order valence-corrected chi connectivity index (χ1v) is 8.07. The summed E-state index contributed by atoms with van der Waals surface area (Å²) in [5.41, 5.74) is 1.93. The number of rotatable bonds is 5. The first kappa shape index (κ1) is 15.7. The molecule has 0 aliphatic rings. The molecule has 2 aromatic rings. The molecule has 0 aliphatic heterocycles. The Hall–Kier alpha value is -0.730. The average molecular weight is 313 g/mol. The van der Waals surface area contributed by atoms with Crippen molar-refractivity contribution in [1.82, 2.24) is 9.55 Å². The van der Waals surface area contributed by atoms with E-state index in [2.05, 4.69) is 30.3 Å². The van der Waals surface area contributed by atoms with E-state index < -0.39 is 0 Å². The standard InChI is InChI=1S/C16H22Cl2N2/c1-5-10(2)9-11(3)20-15-13(18)7-6-8-14(15)19-16(20)12(4)17/h6-8,10-12H,5,9H2,1-4H3. The van der Waals surface area contributed by atoms with Gasteiger partial charge in [0.25, 0.3) is 0 Å². The van der Waals surface area contributed by atoms with Crippen molar-refractivity contribution < 1.29 is 0 Å². The maximum Gasteiger partial charge on any atom is 0.128 e. The molecule has 0 bridgehead atoms. The molecule has 110 valence electrons. The lowest BCUT2D eigenvalue weighted by molar-refractivity contribution is 0.397. The number of imidazole rings is 1. The molecule has 4 heteroatoms. The second-order valence-electron chi connectivity index (χ2n) is 5.66. The Morgan fingerprint density at radius 2 is 1.95 bits per heavy atom. The SMILES string of the molecule is CCC(C)CC(C)n1c(C(C)Cl)nc2cccc(Cl)c21. The molecule has 0 aliphatic carbocycles. The highest BCUT2D eigenvalue weighted by atomic mass is 35.5. The van der Waals surface area contributed by atoms with Gasteiger partial charge in [-0.3, -0.25) is 0 Å². The minimum atomic E-state index is -0.127. The minimum absolute atomic E-state index is 0.127. The van der Waals surface area contributed by atoms with E-state index in [1.54, 1.807) is 0 Å². The molecule has 2 nitrogen and oxygen atoms in total. The quantitative estimate of drug-likeness (QED) is 0.620. The zero-order valence-electron chi connectivity index (χ0n) is 12.5. The van der Waals surface area contributed by atoms with Gasteiger partial charge in [0.2, 0.25) is 0 Å². The summed E-state index contributed by atoms with van der Waals surface area (Å²) in [5, 5.41) is 0.618. The monoisotopic (exact) mass is 312 g/mol. The van der Waals surface area contributed by atoms with Gasteiger partial charge < -0.3 is 4.57 Å². The second-order valence-corrected chi connectivity index (χ2v) is 6.72. The highest BCUT2D eigenvalue weighted by Crippen LogP contribution is 2.34. The molecule has 0 spiro atoms. The maximum atomic E-state index is 6.39. The average Bonchev–Trinajstić information content (AvgIpc) is 2.79. The predicted molar refractivity (Wildman–Crippen MR) is 87.8 cm³/mol. The number of aromatic nitrogens is 2. The van der Waals surface area contributed by atoms with Gasteiger partial charge in [-0.05, 0) is 38.3 Å². The third-order valence-corrected chi connectivity index (χ3v) is 4.43. The zero-order chi connectivity index (χ0) is 14.9. The summed E-state index contributed by atoms with van der Waals surface area (Å²) in [6.07, 6.45) is 2.28. The zero-order valence-corrected chi connectivity index (χ0v) is 14.0. The number of halogens is 2. The number of fused-ring (bicyclic) bond motifs is 1. The van der Waals surface area contributed by atoms with E-state index in [0.29, 0.717) is 12.0 Å². The molecule has 3 atom stereocenters. The van der Waals surface area contributed by atoms with Crippen molar-refractivity contribution in [2.24, 2.45) is 5.92 Å². The molecule has 20 heavy (non-hydrogen) atoms. The molecule has 0 amide bonds. The van der Waals surface area contributed by atoms with Crippen LogP contribution in [0.15, 0.2) is 18.2 Å². The lowest BCUT2D eigenvalue weighted by Gasteiger charge is -2.21. The van der Waals surface area contributed by atoms with E-state index in [4.69, 9.17) is 23.2 Å². The smallest absolute Gasteiger partial charge is 0.128 e. The van der Waals surface area contributed by atoms with Gasteiger partial charge in [0.05, 0.1) is 21.4 Å². The van der Waals surface area contributed by atoms with Crippen LogP contribution in [0.1, 0.15) is 57.8 Å². The molecular weight excluding hydrogens is 291 g/mol. The Bertz CT molecular complexity index is 589. The number of nitrogens with zero attached hydrogens (tertiary/aromatic N) is 2. The fraction of sp³-hybridized carbons (Fsp3) is 0.562. The highest BCUT2D eigenvalue weighted by molar-refractivity contribution is 6.35. The number of alkyl halides is 1. The largest absolute Gasteiger partial charge is 0.323 e. The Morgan fingerprint density at radius 1 is 1.25 bits per heavy atom. The van der Waals surface area contributed by atoms with Crippen LogP contribution in [0.25, 0.3) is 11.0 Å². The molecule has 3 unspecified atom stereocenters. The van der Waals surface area contributed by atoms with Gasteiger partial charge in [-0.25, -0.2) is 4.98 Å². The van der Waals surface area contributed by atoms with E-state index in [-0.39, 0.29) is 5.38 Å². The molecule has 0 fully saturated rings. The molecule has 0 saturated carbocycles. The summed E-state index contributed by atoms with van der Waals surface area (Å²) in [4.78, 5) is 4.67. The van der Waals surface area contributed by atoms with Crippen molar-refractivity contribution in [2.75, 3.05) is 0 Å². The van der Waals surface area contributed by atoms with Crippen LogP contribution in [0.2, 0.25) is 5.02 Å². The van der Waals surface area contributed by atoms with Crippen LogP contribution in [0.3, 0.4) is 0 Å². The summed E-state index contributed by atoms with van der Waals surface area (Å²) < 4.78 is 2.22. The lowest BCUT2D eigenvalue weighted by Crippen LogP contribution is -2.13. The summed E-state index contributed by atoms with van der Waals surface area (Å²) in [5.74, 6) is 1.58.